The number of fused-ring (bicyclic) bond motifs is 1. The molecule has 0 aliphatic rings. The van der Waals surface area contributed by atoms with Crippen molar-refractivity contribution < 1.29 is 14.4 Å². The second-order valence-corrected chi connectivity index (χ2v) is 4.68. The van der Waals surface area contributed by atoms with Crippen LogP contribution in [0.4, 0.5) is 11.4 Å². The van der Waals surface area contributed by atoms with Gasteiger partial charge in [-0.25, -0.2) is 4.79 Å². The standard InChI is InChI=1S/C16H10N2O5/c19-15-12-3-1-2-4-14(12)23-16(20)13(15)9-17-10-5-7-11(8-6-10)18(21)22/h1-9,19H. The first-order valence-electron chi connectivity index (χ1n) is 6.59. The molecule has 0 saturated heterocycles. The number of nitro groups is 1. The molecule has 0 fully saturated rings. The fourth-order valence-corrected chi connectivity index (χ4v) is 2.06. The van der Waals surface area contributed by atoms with Crippen molar-refractivity contribution in [2.75, 3.05) is 0 Å². The molecule has 1 aromatic heterocycles. The van der Waals surface area contributed by atoms with E-state index in [0.717, 1.165) is 0 Å². The molecule has 0 saturated carbocycles. The van der Waals surface area contributed by atoms with E-state index >= 15 is 0 Å². The molecule has 0 unspecified atom stereocenters. The van der Waals surface area contributed by atoms with Gasteiger partial charge < -0.3 is 9.52 Å². The molecule has 0 bridgehead atoms. The monoisotopic (exact) mass is 310 g/mol. The third kappa shape index (κ3) is 2.80. The predicted octanol–water partition coefficient (Wildman–Crippen LogP) is 3.16. The van der Waals surface area contributed by atoms with Gasteiger partial charge in [0.2, 0.25) is 0 Å². The molecule has 7 heteroatoms. The van der Waals surface area contributed by atoms with Gasteiger partial charge in [0, 0.05) is 18.3 Å². The van der Waals surface area contributed by atoms with Crippen molar-refractivity contribution in [3.63, 3.8) is 0 Å². The zero-order valence-corrected chi connectivity index (χ0v) is 11.7. The van der Waals surface area contributed by atoms with Gasteiger partial charge in [-0.05, 0) is 24.3 Å². The SMILES string of the molecule is O=c1oc2ccccc2c(O)c1C=Nc1ccc([N+](=O)[O-])cc1. The van der Waals surface area contributed by atoms with Gasteiger partial charge in [0.25, 0.3) is 5.69 Å². The van der Waals surface area contributed by atoms with E-state index in [1.165, 1.54) is 30.5 Å². The molecule has 0 amide bonds. The molecule has 1 heterocycles. The van der Waals surface area contributed by atoms with E-state index in [1.54, 1.807) is 24.3 Å². The van der Waals surface area contributed by atoms with Crippen molar-refractivity contribution in [1.29, 1.82) is 0 Å². The van der Waals surface area contributed by atoms with Crippen LogP contribution in [0.25, 0.3) is 11.0 Å². The number of hydrogen-bond donors (Lipinski definition) is 1. The molecule has 3 rings (SSSR count). The van der Waals surface area contributed by atoms with Crippen LogP contribution in [0, 0.1) is 10.1 Å². The maximum atomic E-state index is 11.9. The van der Waals surface area contributed by atoms with E-state index in [2.05, 4.69) is 4.99 Å². The van der Waals surface area contributed by atoms with E-state index in [0.29, 0.717) is 11.1 Å². The molecule has 1 N–H and O–H groups in total. The Morgan fingerprint density at radius 1 is 1.13 bits per heavy atom. The first kappa shape index (κ1) is 14.5. The van der Waals surface area contributed by atoms with Crippen LogP contribution in [-0.4, -0.2) is 16.2 Å². The summed E-state index contributed by atoms with van der Waals surface area (Å²) >= 11 is 0. The molecule has 7 nitrogen and oxygen atoms in total. The van der Waals surface area contributed by atoms with Gasteiger partial charge in [0.15, 0.2) is 0 Å². The Balaban J connectivity index is 2.00. The highest BCUT2D eigenvalue weighted by molar-refractivity contribution is 5.94. The molecule has 0 radical (unpaired) electrons. The van der Waals surface area contributed by atoms with Crippen LogP contribution < -0.4 is 5.63 Å². The van der Waals surface area contributed by atoms with Crippen LogP contribution in [0.5, 0.6) is 5.75 Å². The largest absolute Gasteiger partial charge is 0.506 e. The van der Waals surface area contributed by atoms with E-state index in [9.17, 15) is 20.0 Å². The molecular formula is C16H10N2O5. The van der Waals surface area contributed by atoms with Crippen LogP contribution in [0.2, 0.25) is 0 Å². The lowest BCUT2D eigenvalue weighted by molar-refractivity contribution is -0.384. The van der Waals surface area contributed by atoms with Crippen LogP contribution in [0.1, 0.15) is 5.56 Å². The lowest BCUT2D eigenvalue weighted by Crippen LogP contribution is -2.06. The van der Waals surface area contributed by atoms with Gasteiger partial charge in [0.05, 0.1) is 16.0 Å². The van der Waals surface area contributed by atoms with E-state index in [1.807, 2.05) is 0 Å². The van der Waals surface area contributed by atoms with Gasteiger partial charge >= 0.3 is 5.63 Å². The smallest absolute Gasteiger partial charge is 0.348 e. The lowest BCUT2D eigenvalue weighted by Gasteiger charge is -2.02. The molecule has 3 aromatic rings. The fraction of sp³-hybridized carbons (Fsp3) is 0. The summed E-state index contributed by atoms with van der Waals surface area (Å²) < 4.78 is 5.12. The van der Waals surface area contributed by atoms with Gasteiger partial charge in [-0.1, -0.05) is 12.1 Å². The molecule has 0 spiro atoms. The first-order valence-corrected chi connectivity index (χ1v) is 6.59. The van der Waals surface area contributed by atoms with Crippen molar-refractivity contribution >= 4 is 28.6 Å². The third-order valence-electron chi connectivity index (χ3n) is 3.22. The number of nitrogens with zero attached hydrogens (tertiary/aromatic N) is 2. The number of non-ortho nitro benzene ring substituents is 1. The minimum absolute atomic E-state index is 0.0583. The normalized spacial score (nSPS) is 11.1. The van der Waals surface area contributed by atoms with Crippen LogP contribution in [0.15, 0.2) is 62.7 Å². The maximum absolute atomic E-state index is 11.9. The Bertz CT molecular complexity index is 974. The Morgan fingerprint density at radius 2 is 1.83 bits per heavy atom. The summed E-state index contributed by atoms with van der Waals surface area (Å²) in [6.45, 7) is 0. The minimum Gasteiger partial charge on any atom is -0.506 e. The summed E-state index contributed by atoms with van der Waals surface area (Å²) in [5.41, 5.74) is -0.170. The lowest BCUT2D eigenvalue weighted by atomic mass is 10.1. The van der Waals surface area contributed by atoms with E-state index in [-0.39, 0.29) is 22.6 Å². The molecule has 0 aliphatic carbocycles. The Morgan fingerprint density at radius 3 is 2.52 bits per heavy atom. The van der Waals surface area contributed by atoms with Crippen molar-refractivity contribution in [2.45, 2.75) is 0 Å². The molecule has 2 aromatic carbocycles. The topological polar surface area (TPSA) is 106 Å². The summed E-state index contributed by atoms with van der Waals surface area (Å²) in [5, 5.41) is 21.2. The Hall–Kier alpha value is -3.48. The molecule has 0 atom stereocenters. The summed E-state index contributed by atoms with van der Waals surface area (Å²) in [4.78, 5) is 26.0. The highest BCUT2D eigenvalue weighted by Gasteiger charge is 2.11. The van der Waals surface area contributed by atoms with Gasteiger partial charge in [0.1, 0.15) is 16.9 Å². The van der Waals surface area contributed by atoms with Gasteiger partial charge in [-0.3, -0.25) is 15.1 Å². The van der Waals surface area contributed by atoms with Crippen molar-refractivity contribution in [3.05, 3.63) is 74.6 Å². The number of benzene rings is 2. The number of nitro benzene ring substituents is 1. The minimum atomic E-state index is -0.716. The van der Waals surface area contributed by atoms with Gasteiger partial charge in [-0.15, -0.1) is 0 Å². The Labute approximate surface area is 129 Å². The van der Waals surface area contributed by atoms with E-state index < -0.39 is 10.5 Å². The quantitative estimate of drug-likeness (QED) is 0.346. The summed E-state index contributed by atoms with van der Waals surface area (Å²) in [6.07, 6.45) is 1.18. The number of rotatable bonds is 3. The highest BCUT2D eigenvalue weighted by Crippen LogP contribution is 2.25. The van der Waals surface area contributed by atoms with Crippen molar-refractivity contribution in [1.82, 2.24) is 0 Å². The zero-order valence-electron chi connectivity index (χ0n) is 11.7. The van der Waals surface area contributed by atoms with Gasteiger partial charge in [-0.2, -0.15) is 0 Å². The average Bonchev–Trinajstić information content (AvgIpc) is 2.55. The van der Waals surface area contributed by atoms with Crippen molar-refractivity contribution in [3.8, 4) is 5.75 Å². The molecule has 114 valence electrons. The summed E-state index contributed by atoms with van der Waals surface area (Å²) in [5.74, 6) is -0.220. The third-order valence-corrected chi connectivity index (χ3v) is 3.22. The second-order valence-electron chi connectivity index (χ2n) is 4.68. The summed E-state index contributed by atoms with van der Waals surface area (Å²) in [7, 11) is 0. The zero-order chi connectivity index (χ0) is 16.4. The fourth-order valence-electron chi connectivity index (χ4n) is 2.06. The maximum Gasteiger partial charge on any atom is 0.348 e. The van der Waals surface area contributed by atoms with Crippen LogP contribution in [0.3, 0.4) is 0 Å². The van der Waals surface area contributed by atoms with Crippen LogP contribution >= 0.6 is 0 Å². The number of aromatic hydroxyl groups is 1. The van der Waals surface area contributed by atoms with Crippen LogP contribution in [-0.2, 0) is 0 Å². The second kappa shape index (κ2) is 5.72. The van der Waals surface area contributed by atoms with E-state index in [4.69, 9.17) is 4.42 Å². The average molecular weight is 310 g/mol. The summed E-state index contributed by atoms with van der Waals surface area (Å²) in [6, 6.07) is 12.1. The number of aliphatic imine (C=N–C) groups is 1. The number of para-hydroxylation sites is 1. The molecule has 23 heavy (non-hydrogen) atoms. The molecule has 0 aliphatic heterocycles. The first-order chi connectivity index (χ1) is 11.1. The predicted molar refractivity (Wildman–Crippen MR) is 84.5 cm³/mol. The molecular weight excluding hydrogens is 300 g/mol. The van der Waals surface area contributed by atoms with Crippen molar-refractivity contribution in [2.24, 2.45) is 4.99 Å². The highest BCUT2D eigenvalue weighted by atomic mass is 16.6. The number of hydrogen-bond acceptors (Lipinski definition) is 6. The Kier molecular flexibility index (Phi) is 3.60.